The third kappa shape index (κ3) is 5.07. The Kier molecular flexibility index (Phi) is 7.19. The predicted molar refractivity (Wildman–Crippen MR) is 146 cm³/mol. The predicted octanol–water partition coefficient (Wildman–Crippen LogP) is 6.32. The quantitative estimate of drug-likeness (QED) is 0.387. The smallest absolute Gasteiger partial charge is 0.248 e. The van der Waals surface area contributed by atoms with Crippen LogP contribution in [-0.4, -0.2) is 34.6 Å². The van der Waals surface area contributed by atoms with Crippen LogP contribution in [0.3, 0.4) is 0 Å². The van der Waals surface area contributed by atoms with Crippen molar-refractivity contribution in [1.82, 2.24) is 14.9 Å². The van der Waals surface area contributed by atoms with Crippen LogP contribution in [0.2, 0.25) is 0 Å². The standard InChI is InChI=1S/C31H34FN3O/c1-3-23(11-12-24-13-14-25(33-24)20-35-18-22(17-32)19-35)31-27(26-8-5-4-7-21(26)2)9-6-10-29-28(31)15-16-30(36)34-29/h3-5,7-8,11-16,22,33H,6,9-10,17-20H2,1-2H3,(H,34,36)/b12-11-,23-3+. The number of nitrogens with one attached hydrogen (secondary N) is 2. The third-order valence-electron chi connectivity index (χ3n) is 7.35. The van der Waals surface area contributed by atoms with E-state index in [2.05, 4.69) is 83.3 Å². The van der Waals surface area contributed by atoms with E-state index in [0.717, 1.165) is 67.1 Å². The van der Waals surface area contributed by atoms with Crippen molar-refractivity contribution in [1.29, 1.82) is 0 Å². The maximum Gasteiger partial charge on any atom is 0.248 e. The van der Waals surface area contributed by atoms with Crippen molar-refractivity contribution in [2.45, 2.75) is 39.7 Å². The lowest BCUT2D eigenvalue weighted by atomic mass is 9.86. The Bertz CT molecular complexity index is 1380. The highest BCUT2D eigenvalue weighted by molar-refractivity contribution is 6.01. The maximum absolute atomic E-state index is 12.7. The maximum atomic E-state index is 12.7. The van der Waals surface area contributed by atoms with Crippen LogP contribution >= 0.6 is 0 Å². The molecule has 0 amide bonds. The lowest BCUT2D eigenvalue weighted by molar-refractivity contribution is 0.0727. The van der Waals surface area contributed by atoms with Crippen LogP contribution in [0.25, 0.3) is 17.2 Å². The van der Waals surface area contributed by atoms with Gasteiger partial charge in [-0.2, -0.15) is 0 Å². The molecule has 5 rings (SSSR count). The summed E-state index contributed by atoms with van der Waals surface area (Å²) in [5.74, 6) is 0.199. The fourth-order valence-corrected chi connectivity index (χ4v) is 5.49. The van der Waals surface area contributed by atoms with Gasteiger partial charge in [0.2, 0.25) is 5.56 Å². The number of alkyl halides is 1. The molecule has 36 heavy (non-hydrogen) atoms. The van der Waals surface area contributed by atoms with Gasteiger partial charge >= 0.3 is 0 Å². The molecule has 2 aromatic heterocycles. The van der Waals surface area contributed by atoms with Gasteiger partial charge in [-0.15, -0.1) is 0 Å². The molecule has 1 saturated heterocycles. The first kappa shape index (κ1) is 24.3. The third-order valence-corrected chi connectivity index (χ3v) is 7.35. The largest absolute Gasteiger partial charge is 0.358 e. The van der Waals surface area contributed by atoms with Gasteiger partial charge in [-0.1, -0.05) is 36.4 Å². The number of nitrogens with zero attached hydrogens (tertiary/aromatic N) is 1. The molecule has 0 saturated carbocycles. The number of fused-ring (bicyclic) bond motifs is 1. The normalized spacial score (nSPS) is 17.4. The first-order valence-corrected chi connectivity index (χ1v) is 12.9. The molecule has 1 aliphatic heterocycles. The first-order chi connectivity index (χ1) is 17.6. The fourth-order valence-electron chi connectivity index (χ4n) is 5.49. The molecular formula is C31H34FN3O. The van der Waals surface area contributed by atoms with Crippen molar-refractivity contribution in [3.8, 4) is 0 Å². The van der Waals surface area contributed by atoms with Gasteiger partial charge in [-0.3, -0.25) is 14.1 Å². The Balaban J connectivity index is 1.50. The van der Waals surface area contributed by atoms with Crippen LogP contribution in [0.15, 0.2) is 71.1 Å². The number of pyridine rings is 1. The van der Waals surface area contributed by atoms with Gasteiger partial charge in [0.15, 0.2) is 0 Å². The summed E-state index contributed by atoms with van der Waals surface area (Å²) >= 11 is 0. The van der Waals surface area contributed by atoms with Crippen LogP contribution in [0.1, 0.15) is 53.5 Å². The average molecular weight is 484 g/mol. The number of H-pyrrole nitrogens is 2. The van der Waals surface area contributed by atoms with Crippen molar-refractivity contribution < 1.29 is 4.39 Å². The van der Waals surface area contributed by atoms with E-state index in [4.69, 9.17) is 0 Å². The highest BCUT2D eigenvalue weighted by Crippen LogP contribution is 2.40. The summed E-state index contributed by atoms with van der Waals surface area (Å²) in [4.78, 5) is 21.0. The van der Waals surface area contributed by atoms with E-state index in [0.29, 0.717) is 0 Å². The molecule has 0 bridgehead atoms. The van der Waals surface area contributed by atoms with Gasteiger partial charge in [0.1, 0.15) is 0 Å². The van der Waals surface area contributed by atoms with Crippen LogP contribution in [0.5, 0.6) is 0 Å². The number of rotatable bonds is 7. The lowest BCUT2D eigenvalue weighted by Crippen LogP contribution is -2.46. The molecule has 0 spiro atoms. The molecule has 3 aromatic rings. The number of halogens is 1. The van der Waals surface area contributed by atoms with Crippen molar-refractivity contribution >= 4 is 17.2 Å². The minimum absolute atomic E-state index is 0.0519. The van der Waals surface area contributed by atoms with Crippen LogP contribution in [0, 0.1) is 12.8 Å². The summed E-state index contributed by atoms with van der Waals surface area (Å²) in [6.45, 7) is 6.51. The zero-order valence-corrected chi connectivity index (χ0v) is 21.1. The SMILES string of the molecule is C/C=C(\C=C/c1ccc(CN2CC(CF)C2)[nH]1)C1=C(c2ccccc2C)CCCc2[nH]c(=O)ccc21. The molecule has 1 aromatic carbocycles. The van der Waals surface area contributed by atoms with E-state index in [1.807, 2.05) is 6.07 Å². The number of aryl methyl sites for hydroxylation is 2. The highest BCUT2D eigenvalue weighted by atomic mass is 19.1. The second-order valence-electron chi connectivity index (χ2n) is 9.97. The Morgan fingerprint density at radius 1 is 1.06 bits per heavy atom. The van der Waals surface area contributed by atoms with Crippen molar-refractivity contribution in [2.75, 3.05) is 19.8 Å². The number of aromatic amines is 2. The summed E-state index contributed by atoms with van der Waals surface area (Å²) in [5.41, 5.74) is 10.4. The summed E-state index contributed by atoms with van der Waals surface area (Å²) in [7, 11) is 0. The number of likely N-dealkylation sites (tertiary alicyclic amines) is 1. The molecule has 0 radical (unpaired) electrons. The van der Waals surface area contributed by atoms with Crippen molar-refractivity contribution in [2.24, 2.45) is 5.92 Å². The van der Waals surface area contributed by atoms with E-state index < -0.39 is 0 Å². The number of hydrogen-bond donors (Lipinski definition) is 2. The monoisotopic (exact) mass is 483 g/mol. The molecule has 186 valence electrons. The topological polar surface area (TPSA) is 51.9 Å². The molecular weight excluding hydrogens is 449 g/mol. The van der Waals surface area contributed by atoms with Gasteiger partial charge in [-0.05, 0) is 85.2 Å². The Labute approximate surface area is 212 Å². The second kappa shape index (κ2) is 10.7. The second-order valence-corrected chi connectivity index (χ2v) is 9.97. The van der Waals surface area contributed by atoms with Gasteiger partial charge < -0.3 is 9.97 Å². The molecule has 3 heterocycles. The minimum Gasteiger partial charge on any atom is -0.358 e. The Morgan fingerprint density at radius 2 is 1.89 bits per heavy atom. The summed E-state index contributed by atoms with van der Waals surface area (Å²) < 4.78 is 12.7. The van der Waals surface area contributed by atoms with Crippen molar-refractivity contribution in [3.05, 3.63) is 110 Å². The van der Waals surface area contributed by atoms with Crippen LogP contribution in [0.4, 0.5) is 4.39 Å². The Hall–Kier alpha value is -3.44. The number of allylic oxidation sites excluding steroid dienone is 5. The number of benzene rings is 1. The molecule has 5 heteroatoms. The van der Waals surface area contributed by atoms with Gasteiger partial charge in [0.05, 0.1) is 6.67 Å². The van der Waals surface area contributed by atoms with Gasteiger partial charge in [0.25, 0.3) is 0 Å². The highest BCUT2D eigenvalue weighted by Gasteiger charge is 2.26. The average Bonchev–Trinajstić information content (AvgIpc) is 3.22. The van der Waals surface area contributed by atoms with Crippen molar-refractivity contribution in [3.63, 3.8) is 0 Å². The molecule has 1 aliphatic carbocycles. The minimum atomic E-state index is -0.224. The summed E-state index contributed by atoms with van der Waals surface area (Å²) in [6, 6.07) is 16.4. The zero-order chi connectivity index (χ0) is 25.1. The molecule has 2 aliphatic rings. The molecule has 0 atom stereocenters. The fraction of sp³-hybridized carbons (Fsp3) is 0.323. The first-order valence-electron chi connectivity index (χ1n) is 12.9. The summed E-state index contributed by atoms with van der Waals surface area (Å²) in [5, 5.41) is 0. The van der Waals surface area contributed by atoms with Gasteiger partial charge in [0, 0.05) is 54.3 Å². The van der Waals surface area contributed by atoms with Crippen LogP contribution < -0.4 is 5.56 Å². The van der Waals surface area contributed by atoms with E-state index in [-0.39, 0.29) is 18.2 Å². The zero-order valence-electron chi connectivity index (χ0n) is 21.1. The van der Waals surface area contributed by atoms with Crippen LogP contribution in [-0.2, 0) is 13.0 Å². The summed E-state index contributed by atoms with van der Waals surface area (Å²) in [6.07, 6.45) is 9.24. The number of hydrogen-bond acceptors (Lipinski definition) is 2. The molecule has 0 unspecified atom stereocenters. The van der Waals surface area contributed by atoms with Gasteiger partial charge in [-0.25, -0.2) is 0 Å². The van der Waals surface area contributed by atoms with E-state index in [9.17, 15) is 9.18 Å². The molecule has 2 N–H and O–H groups in total. The Morgan fingerprint density at radius 3 is 2.67 bits per heavy atom. The van der Waals surface area contributed by atoms with E-state index >= 15 is 0 Å². The lowest BCUT2D eigenvalue weighted by Gasteiger charge is -2.37. The van der Waals surface area contributed by atoms with E-state index in [1.54, 1.807) is 6.07 Å². The number of aromatic nitrogens is 2. The molecule has 4 nitrogen and oxygen atoms in total. The van der Waals surface area contributed by atoms with E-state index in [1.165, 1.54) is 22.3 Å². The molecule has 1 fully saturated rings.